The van der Waals surface area contributed by atoms with Crippen LogP contribution < -0.4 is 9.64 Å². The maximum atomic E-state index is 15.0. The number of alkyl halides is 2. The lowest BCUT2D eigenvalue weighted by molar-refractivity contribution is -0.0494. The van der Waals surface area contributed by atoms with E-state index in [9.17, 15) is 13.6 Å². The summed E-state index contributed by atoms with van der Waals surface area (Å²) in [7, 11) is 1.27. The van der Waals surface area contributed by atoms with Gasteiger partial charge >= 0.3 is 12.6 Å². The van der Waals surface area contributed by atoms with E-state index in [0.717, 1.165) is 49.8 Å². The number of para-hydroxylation sites is 1. The molecule has 2 bridgehead atoms. The summed E-state index contributed by atoms with van der Waals surface area (Å²) in [6, 6.07) is 11.2. The van der Waals surface area contributed by atoms with Crippen LogP contribution >= 0.6 is 0 Å². The summed E-state index contributed by atoms with van der Waals surface area (Å²) in [6.45, 7) is -2.72. The summed E-state index contributed by atoms with van der Waals surface area (Å²) in [5.74, 6) is 0.0163. The number of anilines is 1. The molecule has 0 amide bonds. The van der Waals surface area contributed by atoms with E-state index < -0.39 is 18.4 Å². The number of piperidine rings is 1. The molecular weight excluding hydrogens is 513 g/mol. The Morgan fingerprint density at radius 2 is 1.85 bits per heavy atom. The van der Waals surface area contributed by atoms with Crippen LogP contribution in [-0.4, -0.2) is 43.0 Å². The number of aromatic nitrogens is 1. The van der Waals surface area contributed by atoms with Crippen LogP contribution in [0.2, 0.25) is 0 Å². The highest BCUT2D eigenvalue weighted by Gasteiger charge is 2.42. The Morgan fingerprint density at radius 3 is 2.51 bits per heavy atom. The van der Waals surface area contributed by atoms with E-state index in [4.69, 9.17) is 18.7 Å². The number of fused-ring (bicyclic) bond motifs is 2. The molecule has 3 atom stereocenters. The minimum absolute atomic E-state index is 0.0380. The number of halogens is 3. The fourth-order valence-corrected chi connectivity index (χ4v) is 6.02. The van der Waals surface area contributed by atoms with Crippen LogP contribution in [0.25, 0.3) is 11.3 Å². The third kappa shape index (κ3) is 5.09. The van der Waals surface area contributed by atoms with Crippen LogP contribution in [0.15, 0.2) is 47.0 Å². The lowest BCUT2D eigenvalue weighted by atomic mass is 9.98. The first-order chi connectivity index (χ1) is 18.9. The number of hydrogen-bond acceptors (Lipinski definition) is 7. The smallest absolute Gasteiger partial charge is 0.387 e. The molecule has 3 aliphatic rings. The summed E-state index contributed by atoms with van der Waals surface area (Å²) >= 11 is 0. The number of benzene rings is 2. The standard InChI is InChI=1S/C29H29F3N2O5/c1-36-28(35)17-8-11-24(23(30)12-17)34-18-9-10-19(34)14-20(13-18)37-15-22-26(33-39-27(22)16-6-7-16)21-4-2-3-5-25(21)38-29(31)32/h2-5,8,11-12,16,18-20,29H,6-7,9-10,13-15H2,1H3/t18-,19?,20?/m0/s1. The van der Waals surface area contributed by atoms with Crippen molar-refractivity contribution in [3.05, 3.63) is 65.2 Å². The van der Waals surface area contributed by atoms with Crippen molar-refractivity contribution >= 4 is 11.7 Å². The second-order valence-electron chi connectivity index (χ2n) is 10.4. The van der Waals surface area contributed by atoms with Crippen LogP contribution in [0.5, 0.6) is 5.75 Å². The zero-order chi connectivity index (χ0) is 27.1. The minimum atomic E-state index is -2.96. The molecule has 3 aromatic rings. The first-order valence-electron chi connectivity index (χ1n) is 13.2. The van der Waals surface area contributed by atoms with Crippen LogP contribution in [0.1, 0.15) is 66.1 Å². The molecule has 39 heavy (non-hydrogen) atoms. The second-order valence-corrected chi connectivity index (χ2v) is 10.4. The van der Waals surface area contributed by atoms with Crippen molar-refractivity contribution in [2.45, 2.75) is 75.8 Å². The third-order valence-corrected chi connectivity index (χ3v) is 7.93. The molecule has 2 unspecified atom stereocenters. The highest BCUT2D eigenvalue weighted by atomic mass is 19.3. The predicted octanol–water partition coefficient (Wildman–Crippen LogP) is 6.46. The Balaban J connectivity index is 1.19. The lowest BCUT2D eigenvalue weighted by Crippen LogP contribution is -2.46. The molecule has 7 nitrogen and oxygen atoms in total. The number of carbonyl (C=O) groups excluding carboxylic acids is 1. The number of ether oxygens (including phenoxy) is 3. The molecule has 10 heteroatoms. The summed E-state index contributed by atoms with van der Waals surface area (Å²) in [6.07, 6.45) is 5.20. The van der Waals surface area contributed by atoms with Gasteiger partial charge in [0.25, 0.3) is 0 Å². The van der Waals surface area contributed by atoms with Gasteiger partial charge in [-0.3, -0.25) is 0 Å². The molecule has 6 rings (SSSR count). The van der Waals surface area contributed by atoms with Crippen LogP contribution in [0, 0.1) is 5.82 Å². The van der Waals surface area contributed by atoms with E-state index in [1.807, 2.05) is 0 Å². The normalized spacial score (nSPS) is 22.4. The fraction of sp³-hybridized carbons (Fsp3) is 0.448. The van der Waals surface area contributed by atoms with Crippen molar-refractivity contribution in [3.8, 4) is 17.0 Å². The summed E-state index contributed by atoms with van der Waals surface area (Å²) < 4.78 is 62.7. The Morgan fingerprint density at radius 1 is 1.10 bits per heavy atom. The first-order valence-corrected chi connectivity index (χ1v) is 13.2. The maximum Gasteiger partial charge on any atom is 0.387 e. The van der Waals surface area contributed by atoms with E-state index in [1.165, 1.54) is 19.2 Å². The van der Waals surface area contributed by atoms with Gasteiger partial charge in [-0.25, -0.2) is 9.18 Å². The average Bonchev–Trinajstić information content (AvgIpc) is 3.63. The van der Waals surface area contributed by atoms with Crippen LogP contribution in [-0.2, 0) is 16.1 Å². The number of methoxy groups -OCH3 is 1. The topological polar surface area (TPSA) is 74.0 Å². The van der Waals surface area contributed by atoms with Gasteiger partial charge in [-0.1, -0.05) is 17.3 Å². The van der Waals surface area contributed by atoms with Crippen molar-refractivity contribution in [1.29, 1.82) is 0 Å². The van der Waals surface area contributed by atoms with Crippen molar-refractivity contribution < 1.29 is 36.7 Å². The number of rotatable bonds is 9. The van der Waals surface area contributed by atoms with Crippen LogP contribution in [0.4, 0.5) is 18.9 Å². The number of esters is 1. The van der Waals surface area contributed by atoms with Gasteiger partial charge in [0.15, 0.2) is 0 Å². The van der Waals surface area contributed by atoms with Gasteiger partial charge < -0.3 is 23.6 Å². The van der Waals surface area contributed by atoms with Gasteiger partial charge in [0, 0.05) is 29.1 Å². The summed E-state index contributed by atoms with van der Waals surface area (Å²) in [5, 5.41) is 4.25. The first kappa shape index (κ1) is 25.7. The minimum Gasteiger partial charge on any atom is -0.465 e. The highest BCUT2D eigenvalue weighted by molar-refractivity contribution is 5.89. The van der Waals surface area contributed by atoms with Gasteiger partial charge in [-0.2, -0.15) is 8.78 Å². The molecule has 2 aliphatic heterocycles. The SMILES string of the molecule is COC(=O)c1ccc(N2C3CC[C@H]2CC(OCc2c(-c4ccccc4OC(F)F)noc2C2CC2)C3)c(F)c1. The molecule has 3 heterocycles. The van der Waals surface area contributed by atoms with Gasteiger partial charge in [0.1, 0.15) is 23.0 Å². The van der Waals surface area contributed by atoms with Crippen molar-refractivity contribution in [1.82, 2.24) is 5.16 Å². The molecule has 206 valence electrons. The molecular formula is C29H29F3N2O5. The van der Waals surface area contributed by atoms with Gasteiger partial charge in [-0.05, 0) is 68.9 Å². The molecule has 1 aliphatic carbocycles. The molecule has 2 saturated heterocycles. The summed E-state index contributed by atoms with van der Waals surface area (Å²) in [4.78, 5) is 13.9. The monoisotopic (exact) mass is 542 g/mol. The Bertz CT molecular complexity index is 1340. The van der Waals surface area contributed by atoms with E-state index in [0.29, 0.717) is 16.9 Å². The second kappa shape index (κ2) is 10.6. The van der Waals surface area contributed by atoms with Crippen molar-refractivity contribution in [2.75, 3.05) is 12.0 Å². The molecule has 1 aromatic heterocycles. The summed E-state index contributed by atoms with van der Waals surface area (Å²) in [5.41, 5.74) is 2.33. The van der Waals surface area contributed by atoms with E-state index in [2.05, 4.69) is 10.1 Å². The quantitative estimate of drug-likeness (QED) is 0.287. The largest absolute Gasteiger partial charge is 0.465 e. The third-order valence-electron chi connectivity index (χ3n) is 7.93. The number of carbonyl (C=O) groups is 1. The van der Waals surface area contributed by atoms with Crippen LogP contribution in [0.3, 0.4) is 0 Å². The highest BCUT2D eigenvalue weighted by Crippen LogP contribution is 2.46. The number of nitrogens with zero attached hydrogens (tertiary/aromatic N) is 2. The molecule has 0 radical (unpaired) electrons. The lowest BCUT2D eigenvalue weighted by Gasteiger charge is -2.40. The Kier molecular flexibility index (Phi) is 6.97. The van der Waals surface area contributed by atoms with E-state index in [-0.39, 0.29) is 42.0 Å². The van der Waals surface area contributed by atoms with Gasteiger partial charge in [-0.15, -0.1) is 0 Å². The van der Waals surface area contributed by atoms with Crippen molar-refractivity contribution in [3.63, 3.8) is 0 Å². The zero-order valence-corrected chi connectivity index (χ0v) is 21.4. The Labute approximate surface area is 223 Å². The molecule has 1 saturated carbocycles. The predicted molar refractivity (Wildman–Crippen MR) is 135 cm³/mol. The van der Waals surface area contributed by atoms with Gasteiger partial charge in [0.2, 0.25) is 0 Å². The van der Waals surface area contributed by atoms with E-state index in [1.54, 1.807) is 30.3 Å². The molecule has 0 spiro atoms. The van der Waals surface area contributed by atoms with Crippen molar-refractivity contribution in [2.24, 2.45) is 0 Å². The zero-order valence-electron chi connectivity index (χ0n) is 21.4. The Hall–Kier alpha value is -3.53. The average molecular weight is 543 g/mol. The molecule has 3 fully saturated rings. The van der Waals surface area contributed by atoms with E-state index >= 15 is 4.39 Å². The molecule has 0 N–H and O–H groups in total. The molecule has 2 aromatic carbocycles. The van der Waals surface area contributed by atoms with Gasteiger partial charge in [0.05, 0.1) is 31.1 Å². The fourth-order valence-electron chi connectivity index (χ4n) is 6.02. The number of hydrogen-bond donors (Lipinski definition) is 0. The maximum absolute atomic E-state index is 15.0.